The molecule has 0 N–H and O–H groups in total. The zero-order chi connectivity index (χ0) is 8.55. The Balaban J connectivity index is 2.33. The molecule has 0 aromatic heterocycles. The molecule has 0 aromatic carbocycles. The first-order valence-electron chi connectivity index (χ1n) is 3.87. The van der Waals surface area contributed by atoms with E-state index in [1.165, 1.54) is 14.5 Å². The lowest BCUT2D eigenvalue weighted by Crippen LogP contribution is -2.05. The van der Waals surface area contributed by atoms with Crippen LogP contribution in [0.3, 0.4) is 0 Å². The van der Waals surface area contributed by atoms with Crippen molar-refractivity contribution in [1.29, 1.82) is 0 Å². The molecule has 1 atom stereocenters. The Kier molecular flexibility index (Phi) is 2.37. The van der Waals surface area contributed by atoms with Gasteiger partial charge in [0.15, 0.2) is 0 Å². The summed E-state index contributed by atoms with van der Waals surface area (Å²) in [4.78, 5) is 0. The number of halogens is 2. The number of rotatable bonds is 0. The number of hydrogen-bond acceptors (Lipinski definition) is 0. The summed E-state index contributed by atoms with van der Waals surface area (Å²) < 4.78 is 2.47. The van der Waals surface area contributed by atoms with Crippen LogP contribution in [-0.4, -0.2) is 0 Å². The van der Waals surface area contributed by atoms with Crippen molar-refractivity contribution in [3.05, 3.63) is 44.9 Å². The Morgan fingerprint density at radius 2 is 2.00 bits per heavy atom. The molecule has 2 aliphatic rings. The molecule has 2 aliphatic carbocycles. The summed E-state index contributed by atoms with van der Waals surface area (Å²) in [5, 5.41) is 0. The van der Waals surface area contributed by atoms with Gasteiger partial charge in [-0.1, -0.05) is 56.2 Å². The van der Waals surface area contributed by atoms with Crippen molar-refractivity contribution in [2.75, 3.05) is 0 Å². The topological polar surface area (TPSA) is 0 Å². The highest BCUT2D eigenvalue weighted by atomic mass is 79.9. The quantitative estimate of drug-likeness (QED) is 0.630. The summed E-state index contributed by atoms with van der Waals surface area (Å²) in [6, 6.07) is 0. The van der Waals surface area contributed by atoms with E-state index < -0.39 is 0 Å². The lowest BCUT2D eigenvalue weighted by molar-refractivity contribution is 0.773. The molecule has 0 saturated carbocycles. The maximum atomic E-state index is 3.52. The molecule has 0 amide bonds. The average Bonchev–Trinajstić information content (AvgIpc) is 2.03. The fourth-order valence-corrected chi connectivity index (χ4v) is 2.40. The number of fused-ring (bicyclic) bond motifs is 1. The van der Waals surface area contributed by atoms with Gasteiger partial charge in [-0.15, -0.1) is 0 Å². The summed E-state index contributed by atoms with van der Waals surface area (Å²) in [6.07, 6.45) is 11.9. The lowest BCUT2D eigenvalue weighted by atomic mass is 9.88. The van der Waals surface area contributed by atoms with E-state index in [2.05, 4.69) is 62.2 Å². The Morgan fingerprint density at radius 1 is 1.17 bits per heavy atom. The Labute approximate surface area is 89.0 Å². The highest BCUT2D eigenvalue weighted by Crippen LogP contribution is 2.34. The lowest BCUT2D eigenvalue weighted by Gasteiger charge is -2.20. The predicted octanol–water partition coefficient (Wildman–Crippen LogP) is 4.06. The third kappa shape index (κ3) is 1.64. The van der Waals surface area contributed by atoms with Crippen LogP contribution in [0.25, 0.3) is 0 Å². The molecule has 0 bridgehead atoms. The average molecular weight is 288 g/mol. The third-order valence-electron chi connectivity index (χ3n) is 2.10. The van der Waals surface area contributed by atoms with Crippen LogP contribution in [-0.2, 0) is 0 Å². The van der Waals surface area contributed by atoms with E-state index >= 15 is 0 Å². The van der Waals surface area contributed by atoms with E-state index in [0.29, 0.717) is 5.92 Å². The van der Waals surface area contributed by atoms with E-state index in [0.717, 1.165) is 6.42 Å². The molecule has 0 spiro atoms. The summed E-state index contributed by atoms with van der Waals surface area (Å²) in [5.41, 5.74) is 1.40. The van der Waals surface area contributed by atoms with Crippen molar-refractivity contribution in [2.24, 2.45) is 5.92 Å². The molecule has 2 heteroatoms. The minimum atomic E-state index is 0.559. The van der Waals surface area contributed by atoms with Crippen LogP contribution in [0.2, 0.25) is 0 Å². The van der Waals surface area contributed by atoms with Crippen LogP contribution in [0.4, 0.5) is 0 Å². The Bertz CT molecular complexity index is 319. The zero-order valence-corrected chi connectivity index (χ0v) is 9.60. The van der Waals surface area contributed by atoms with Crippen molar-refractivity contribution in [1.82, 2.24) is 0 Å². The summed E-state index contributed by atoms with van der Waals surface area (Å²) >= 11 is 7.00. The van der Waals surface area contributed by atoms with Gasteiger partial charge in [-0.25, -0.2) is 0 Å². The molecule has 0 fully saturated rings. The van der Waals surface area contributed by atoms with E-state index in [-0.39, 0.29) is 0 Å². The van der Waals surface area contributed by atoms with E-state index in [9.17, 15) is 0 Å². The number of hydrogen-bond donors (Lipinski definition) is 0. The van der Waals surface area contributed by atoms with Gasteiger partial charge in [0, 0.05) is 10.4 Å². The fourth-order valence-electron chi connectivity index (χ4n) is 1.46. The van der Waals surface area contributed by atoms with Gasteiger partial charge in [0.2, 0.25) is 0 Å². The standard InChI is InChI=1S/C10H8Br2/c11-9-3-1-7-2-4-10(12)6-8(7)5-9/h1-5,8H,6H2. The molecule has 12 heavy (non-hydrogen) atoms. The van der Waals surface area contributed by atoms with Crippen LogP contribution in [0.15, 0.2) is 44.9 Å². The molecule has 62 valence electrons. The first-order chi connectivity index (χ1) is 5.75. The zero-order valence-electron chi connectivity index (χ0n) is 6.43. The van der Waals surface area contributed by atoms with Crippen LogP contribution < -0.4 is 0 Å². The largest absolute Gasteiger partial charge is 0.0624 e. The van der Waals surface area contributed by atoms with Crippen molar-refractivity contribution in [3.8, 4) is 0 Å². The molecule has 0 nitrogen and oxygen atoms in total. The second-order valence-electron chi connectivity index (χ2n) is 2.98. The van der Waals surface area contributed by atoms with Gasteiger partial charge in [-0.05, 0) is 22.6 Å². The Morgan fingerprint density at radius 3 is 2.83 bits per heavy atom. The maximum absolute atomic E-state index is 3.52. The fraction of sp³-hybridized carbons (Fsp3) is 0.200. The van der Waals surface area contributed by atoms with Gasteiger partial charge in [0.25, 0.3) is 0 Å². The van der Waals surface area contributed by atoms with Crippen molar-refractivity contribution >= 4 is 31.9 Å². The molecular weight excluding hydrogens is 280 g/mol. The molecule has 1 unspecified atom stereocenters. The van der Waals surface area contributed by atoms with E-state index in [1.54, 1.807) is 0 Å². The highest BCUT2D eigenvalue weighted by Gasteiger charge is 2.16. The van der Waals surface area contributed by atoms with Gasteiger partial charge in [0.1, 0.15) is 0 Å². The van der Waals surface area contributed by atoms with Crippen molar-refractivity contribution in [2.45, 2.75) is 6.42 Å². The van der Waals surface area contributed by atoms with Crippen LogP contribution in [0.5, 0.6) is 0 Å². The molecule has 0 saturated heterocycles. The SMILES string of the molecule is BrC1=CC2CC(Br)=CC=C2C=C1. The van der Waals surface area contributed by atoms with Crippen molar-refractivity contribution < 1.29 is 0 Å². The minimum Gasteiger partial charge on any atom is -0.0624 e. The molecule has 2 rings (SSSR count). The van der Waals surface area contributed by atoms with E-state index in [1.807, 2.05) is 0 Å². The molecule has 0 heterocycles. The predicted molar refractivity (Wildman–Crippen MR) is 59.4 cm³/mol. The second-order valence-corrected chi connectivity index (χ2v) is 4.91. The van der Waals surface area contributed by atoms with Crippen molar-refractivity contribution in [3.63, 3.8) is 0 Å². The number of allylic oxidation sites excluding steroid dienone is 8. The van der Waals surface area contributed by atoms with Gasteiger partial charge in [-0.2, -0.15) is 0 Å². The smallest absolute Gasteiger partial charge is 0.0141 e. The molecule has 0 radical (unpaired) electrons. The molecular formula is C10H8Br2. The van der Waals surface area contributed by atoms with Gasteiger partial charge >= 0.3 is 0 Å². The monoisotopic (exact) mass is 286 g/mol. The van der Waals surface area contributed by atoms with Gasteiger partial charge < -0.3 is 0 Å². The summed E-state index contributed by atoms with van der Waals surface area (Å²) in [6.45, 7) is 0. The van der Waals surface area contributed by atoms with Gasteiger partial charge in [-0.3, -0.25) is 0 Å². The van der Waals surface area contributed by atoms with E-state index in [4.69, 9.17) is 0 Å². The molecule has 0 aliphatic heterocycles. The van der Waals surface area contributed by atoms with Crippen LogP contribution >= 0.6 is 31.9 Å². The van der Waals surface area contributed by atoms with Gasteiger partial charge in [0.05, 0.1) is 0 Å². The first-order valence-corrected chi connectivity index (χ1v) is 5.46. The molecule has 0 aromatic rings. The highest BCUT2D eigenvalue weighted by molar-refractivity contribution is 9.12. The summed E-state index contributed by atoms with van der Waals surface area (Å²) in [5.74, 6) is 0.559. The van der Waals surface area contributed by atoms with Crippen LogP contribution in [0, 0.1) is 5.92 Å². The second kappa shape index (κ2) is 3.35. The maximum Gasteiger partial charge on any atom is 0.0141 e. The third-order valence-corrected chi connectivity index (χ3v) is 3.21. The summed E-state index contributed by atoms with van der Waals surface area (Å²) in [7, 11) is 0. The normalized spacial score (nSPS) is 27.2. The minimum absolute atomic E-state index is 0.559. The van der Waals surface area contributed by atoms with Crippen LogP contribution in [0.1, 0.15) is 6.42 Å². The Hall–Kier alpha value is -0.0800. The first kappa shape index (κ1) is 8.52.